The van der Waals surface area contributed by atoms with E-state index in [9.17, 15) is 18.8 Å². The summed E-state index contributed by atoms with van der Waals surface area (Å²) >= 11 is 1.27. The lowest BCUT2D eigenvalue weighted by Gasteiger charge is -2.38. The van der Waals surface area contributed by atoms with Crippen molar-refractivity contribution in [1.82, 2.24) is 14.7 Å². The third-order valence-electron chi connectivity index (χ3n) is 6.37. The average Bonchev–Trinajstić information content (AvgIpc) is 3.57. The first-order chi connectivity index (χ1) is 16.8. The maximum Gasteiger partial charge on any atom is 0.303 e. The van der Waals surface area contributed by atoms with Crippen LogP contribution in [0.15, 0.2) is 42.1 Å². The van der Waals surface area contributed by atoms with Gasteiger partial charge in [0.1, 0.15) is 5.82 Å². The van der Waals surface area contributed by atoms with Gasteiger partial charge in [0.05, 0.1) is 11.7 Å². The molecule has 186 valence electrons. The van der Waals surface area contributed by atoms with E-state index < -0.39 is 12.0 Å². The van der Waals surface area contributed by atoms with Gasteiger partial charge in [-0.1, -0.05) is 30.0 Å². The van der Waals surface area contributed by atoms with Crippen molar-refractivity contribution in [2.24, 2.45) is 5.92 Å². The van der Waals surface area contributed by atoms with Gasteiger partial charge in [-0.15, -0.1) is 0 Å². The minimum atomic E-state index is -0.837. The number of hydrogen-bond donors (Lipinski definition) is 1. The fraction of sp³-hybridized carbons (Fsp3) is 0.462. The molecule has 4 rings (SSSR count). The van der Waals surface area contributed by atoms with Crippen LogP contribution < -0.4 is 0 Å². The maximum atomic E-state index is 14.8. The molecule has 2 aromatic rings. The fourth-order valence-corrected chi connectivity index (χ4v) is 5.47. The summed E-state index contributed by atoms with van der Waals surface area (Å²) in [7, 11) is 0. The Kier molecular flexibility index (Phi) is 8.18. The van der Waals surface area contributed by atoms with Crippen LogP contribution in [0.2, 0.25) is 0 Å². The number of aliphatic carboxylic acids is 1. The number of ketones is 1. The summed E-state index contributed by atoms with van der Waals surface area (Å²) in [5.74, 6) is -1.17. The van der Waals surface area contributed by atoms with Crippen LogP contribution in [0.1, 0.15) is 56.3 Å². The van der Waals surface area contributed by atoms with Crippen molar-refractivity contribution >= 4 is 34.7 Å². The van der Waals surface area contributed by atoms with Crippen LogP contribution in [-0.2, 0) is 20.9 Å². The number of Topliss-reactive ketones (excluding diaryl/α,β-unsaturated/α-hetero) is 1. The van der Waals surface area contributed by atoms with E-state index in [-0.39, 0.29) is 34.3 Å². The molecule has 0 spiro atoms. The second-order valence-corrected chi connectivity index (χ2v) is 10.6. The molecule has 2 heterocycles. The third-order valence-corrected chi connectivity index (χ3v) is 7.53. The lowest BCUT2D eigenvalue weighted by atomic mass is 9.93. The molecule has 0 amide bonds. The molecule has 1 saturated heterocycles. The smallest absolute Gasteiger partial charge is 0.303 e. The minimum Gasteiger partial charge on any atom is -0.481 e. The highest BCUT2D eigenvalue weighted by atomic mass is 32.2. The van der Waals surface area contributed by atoms with E-state index in [1.54, 1.807) is 36.0 Å². The monoisotopic (exact) mass is 499 g/mol. The number of carbonyl (C=O) groups excluding carboxylic acids is 2. The SMILES string of the molecule is CC(=O)SC1CCN(C(C(=O)C2CC2)c2ccccc2F)C/C1=C/c1ccn(CCCC(=O)O)n1. The summed E-state index contributed by atoms with van der Waals surface area (Å²) in [4.78, 5) is 38.0. The number of rotatable bonds is 10. The number of likely N-dealkylation sites (tertiary alicyclic amines) is 1. The zero-order valence-electron chi connectivity index (χ0n) is 19.7. The number of piperidine rings is 1. The van der Waals surface area contributed by atoms with E-state index in [2.05, 4.69) is 5.10 Å². The van der Waals surface area contributed by atoms with Crippen LogP contribution >= 0.6 is 11.8 Å². The molecular formula is C26H30FN3O4S. The Morgan fingerprint density at radius 3 is 2.69 bits per heavy atom. The summed E-state index contributed by atoms with van der Waals surface area (Å²) in [6.07, 6.45) is 6.68. The molecule has 0 radical (unpaired) electrons. The van der Waals surface area contributed by atoms with E-state index in [4.69, 9.17) is 5.11 Å². The Morgan fingerprint density at radius 1 is 1.23 bits per heavy atom. The van der Waals surface area contributed by atoms with E-state index in [1.165, 1.54) is 17.8 Å². The second kappa shape index (κ2) is 11.3. The first kappa shape index (κ1) is 25.3. The third kappa shape index (κ3) is 6.67. The van der Waals surface area contributed by atoms with Crippen LogP contribution in [0, 0.1) is 11.7 Å². The van der Waals surface area contributed by atoms with Gasteiger partial charge in [0.2, 0.25) is 0 Å². The number of aromatic nitrogens is 2. The van der Waals surface area contributed by atoms with Gasteiger partial charge in [0, 0.05) is 55.9 Å². The van der Waals surface area contributed by atoms with Crippen molar-refractivity contribution in [1.29, 1.82) is 0 Å². The normalized spacial score (nSPS) is 20.6. The summed E-state index contributed by atoms with van der Waals surface area (Å²) < 4.78 is 16.5. The van der Waals surface area contributed by atoms with Gasteiger partial charge in [0.15, 0.2) is 10.9 Å². The topological polar surface area (TPSA) is 92.5 Å². The van der Waals surface area contributed by atoms with Crippen molar-refractivity contribution in [3.63, 3.8) is 0 Å². The highest BCUT2D eigenvalue weighted by Gasteiger charge is 2.41. The van der Waals surface area contributed by atoms with Gasteiger partial charge in [-0.2, -0.15) is 5.10 Å². The first-order valence-electron chi connectivity index (χ1n) is 12.0. The number of carbonyl (C=O) groups is 3. The molecule has 2 aliphatic rings. The van der Waals surface area contributed by atoms with Gasteiger partial charge in [-0.3, -0.25) is 24.0 Å². The van der Waals surface area contributed by atoms with Gasteiger partial charge >= 0.3 is 5.97 Å². The Balaban J connectivity index is 1.58. The van der Waals surface area contributed by atoms with E-state index in [1.807, 2.05) is 17.0 Å². The average molecular weight is 500 g/mol. The molecule has 7 nitrogen and oxygen atoms in total. The highest BCUT2D eigenvalue weighted by Crippen LogP contribution is 2.40. The number of carboxylic acid groups (broad SMARTS) is 1. The molecular weight excluding hydrogens is 469 g/mol. The van der Waals surface area contributed by atoms with E-state index in [0.717, 1.165) is 18.4 Å². The van der Waals surface area contributed by atoms with Crippen molar-refractivity contribution in [2.75, 3.05) is 13.1 Å². The van der Waals surface area contributed by atoms with Crippen LogP contribution in [0.4, 0.5) is 4.39 Å². The van der Waals surface area contributed by atoms with Gasteiger partial charge in [0.25, 0.3) is 0 Å². The Hall–Kier alpha value is -2.78. The summed E-state index contributed by atoms with van der Waals surface area (Å²) in [5.41, 5.74) is 2.09. The maximum absolute atomic E-state index is 14.8. The molecule has 2 fully saturated rings. The number of halogens is 1. The number of hydrogen-bond acceptors (Lipinski definition) is 6. The molecule has 1 N–H and O–H groups in total. The lowest BCUT2D eigenvalue weighted by molar-refractivity contribution is -0.137. The van der Waals surface area contributed by atoms with E-state index in [0.29, 0.717) is 43.7 Å². The molecule has 1 saturated carbocycles. The molecule has 0 bridgehead atoms. The molecule has 1 aliphatic carbocycles. The fourth-order valence-electron chi connectivity index (χ4n) is 4.56. The molecule has 1 aliphatic heterocycles. The molecule has 1 aromatic heterocycles. The van der Waals surface area contributed by atoms with Crippen molar-refractivity contribution < 1.29 is 23.9 Å². The zero-order chi connectivity index (χ0) is 24.9. The van der Waals surface area contributed by atoms with Gasteiger partial charge in [-0.25, -0.2) is 4.39 Å². The quantitative estimate of drug-likeness (QED) is 0.520. The van der Waals surface area contributed by atoms with Crippen molar-refractivity contribution in [3.8, 4) is 0 Å². The zero-order valence-corrected chi connectivity index (χ0v) is 20.5. The molecule has 35 heavy (non-hydrogen) atoms. The number of carboxylic acids is 1. The standard InChI is InChI=1S/C26H30FN3O4S/c1-17(31)35-23-11-13-29(25(26(34)18-8-9-18)21-5-2-3-6-22(21)27)16-19(23)15-20-10-14-30(28-20)12-4-7-24(32)33/h2-3,5-6,10,14-15,18,23,25H,4,7-9,11-13,16H2,1H3,(H,32,33)/b19-15-. The predicted molar refractivity (Wildman–Crippen MR) is 132 cm³/mol. The second-order valence-electron chi connectivity index (χ2n) is 9.18. The Labute approximate surface area is 208 Å². The summed E-state index contributed by atoms with van der Waals surface area (Å²) in [6, 6.07) is 7.69. The Bertz CT molecular complexity index is 1130. The number of nitrogens with zero attached hydrogens (tertiary/aromatic N) is 3. The van der Waals surface area contributed by atoms with Crippen LogP contribution in [0.3, 0.4) is 0 Å². The predicted octanol–water partition coefficient (Wildman–Crippen LogP) is 4.34. The minimum absolute atomic E-state index is 0.0159. The molecule has 9 heteroatoms. The first-order valence-corrected chi connectivity index (χ1v) is 12.8. The summed E-state index contributed by atoms with van der Waals surface area (Å²) in [6.45, 7) is 3.07. The molecule has 2 atom stereocenters. The molecule has 1 aromatic carbocycles. The van der Waals surface area contributed by atoms with E-state index >= 15 is 0 Å². The van der Waals surface area contributed by atoms with Crippen LogP contribution in [0.5, 0.6) is 0 Å². The van der Waals surface area contributed by atoms with Crippen molar-refractivity contribution in [2.45, 2.75) is 56.9 Å². The Morgan fingerprint density at radius 2 is 2.00 bits per heavy atom. The number of benzene rings is 1. The molecule has 2 unspecified atom stereocenters. The van der Waals surface area contributed by atoms with Gasteiger partial charge < -0.3 is 5.11 Å². The highest BCUT2D eigenvalue weighted by molar-refractivity contribution is 8.14. The number of aryl methyl sites for hydroxylation is 1. The lowest BCUT2D eigenvalue weighted by Crippen LogP contribution is -2.43. The summed E-state index contributed by atoms with van der Waals surface area (Å²) in [5, 5.41) is 13.4. The van der Waals surface area contributed by atoms with Gasteiger partial charge in [-0.05, 0) is 49.5 Å². The van der Waals surface area contributed by atoms with Crippen LogP contribution in [0.25, 0.3) is 6.08 Å². The number of thioether (sulfide) groups is 1. The van der Waals surface area contributed by atoms with Crippen molar-refractivity contribution in [3.05, 3.63) is 59.2 Å². The van der Waals surface area contributed by atoms with Crippen LogP contribution in [-0.4, -0.2) is 55.0 Å². The largest absolute Gasteiger partial charge is 0.481 e.